The second-order valence-electron chi connectivity index (χ2n) is 6.59. The van der Waals surface area contributed by atoms with Crippen LogP contribution in [0.4, 0.5) is 5.69 Å². The van der Waals surface area contributed by atoms with E-state index in [0.717, 1.165) is 36.8 Å². The van der Waals surface area contributed by atoms with E-state index in [0.29, 0.717) is 5.92 Å². The van der Waals surface area contributed by atoms with Crippen LogP contribution < -0.4 is 20.1 Å². The number of piperidine rings is 1. The minimum Gasteiger partial charge on any atom is -0.487 e. The molecule has 0 radical (unpaired) electrons. The molecule has 1 aliphatic rings. The first-order valence-corrected chi connectivity index (χ1v) is 8.46. The van der Waals surface area contributed by atoms with Gasteiger partial charge >= 0.3 is 0 Å². The molecular weight excluding hydrogens is 276 g/mol. The van der Waals surface area contributed by atoms with Gasteiger partial charge in [0.15, 0.2) is 11.5 Å². The molecule has 22 heavy (non-hydrogen) atoms. The van der Waals surface area contributed by atoms with Gasteiger partial charge in [0.25, 0.3) is 0 Å². The molecule has 0 spiro atoms. The Balaban J connectivity index is 2.01. The lowest BCUT2D eigenvalue weighted by Gasteiger charge is -2.24. The SMILES string of the molecule is CC(C)Oc1ccc(NCC2CCCNC2)cc1OC(C)C. The highest BCUT2D eigenvalue weighted by atomic mass is 16.5. The first-order chi connectivity index (χ1) is 10.5. The lowest BCUT2D eigenvalue weighted by molar-refractivity contribution is 0.199. The molecule has 1 unspecified atom stereocenters. The molecule has 4 nitrogen and oxygen atoms in total. The van der Waals surface area contributed by atoms with Crippen LogP contribution >= 0.6 is 0 Å². The first-order valence-electron chi connectivity index (χ1n) is 8.46. The van der Waals surface area contributed by atoms with Gasteiger partial charge < -0.3 is 20.1 Å². The molecule has 1 atom stereocenters. The number of benzene rings is 1. The summed E-state index contributed by atoms with van der Waals surface area (Å²) in [6, 6.07) is 6.12. The van der Waals surface area contributed by atoms with E-state index in [1.54, 1.807) is 0 Å². The van der Waals surface area contributed by atoms with Crippen molar-refractivity contribution >= 4 is 5.69 Å². The number of hydrogen-bond acceptors (Lipinski definition) is 4. The summed E-state index contributed by atoms with van der Waals surface area (Å²) < 4.78 is 11.7. The van der Waals surface area contributed by atoms with Crippen molar-refractivity contribution in [3.8, 4) is 11.5 Å². The third kappa shape index (κ3) is 5.41. The van der Waals surface area contributed by atoms with Crippen LogP contribution in [-0.4, -0.2) is 31.8 Å². The Morgan fingerprint density at radius 3 is 2.50 bits per heavy atom. The van der Waals surface area contributed by atoms with Gasteiger partial charge in [0, 0.05) is 18.3 Å². The van der Waals surface area contributed by atoms with Gasteiger partial charge in [-0.2, -0.15) is 0 Å². The molecule has 0 amide bonds. The summed E-state index contributed by atoms with van der Waals surface area (Å²) in [5, 5.41) is 6.99. The van der Waals surface area contributed by atoms with Crippen LogP contribution in [0.25, 0.3) is 0 Å². The number of nitrogens with one attached hydrogen (secondary N) is 2. The maximum absolute atomic E-state index is 5.90. The molecule has 2 N–H and O–H groups in total. The number of anilines is 1. The zero-order chi connectivity index (χ0) is 15.9. The predicted octanol–water partition coefficient (Wildman–Crippen LogP) is 3.67. The van der Waals surface area contributed by atoms with E-state index in [4.69, 9.17) is 9.47 Å². The Hall–Kier alpha value is -1.42. The van der Waals surface area contributed by atoms with Crippen LogP contribution in [0.2, 0.25) is 0 Å². The number of ether oxygens (including phenoxy) is 2. The zero-order valence-corrected chi connectivity index (χ0v) is 14.3. The third-order valence-corrected chi connectivity index (χ3v) is 3.66. The van der Waals surface area contributed by atoms with E-state index in [1.165, 1.54) is 12.8 Å². The second-order valence-corrected chi connectivity index (χ2v) is 6.59. The van der Waals surface area contributed by atoms with Crippen LogP contribution in [0.3, 0.4) is 0 Å². The van der Waals surface area contributed by atoms with Gasteiger partial charge in [0.1, 0.15) is 0 Å². The Morgan fingerprint density at radius 1 is 1.14 bits per heavy atom. The third-order valence-electron chi connectivity index (χ3n) is 3.66. The average Bonchev–Trinajstić information content (AvgIpc) is 2.47. The summed E-state index contributed by atoms with van der Waals surface area (Å²) in [6.07, 6.45) is 2.84. The molecule has 1 aromatic rings. The highest BCUT2D eigenvalue weighted by molar-refractivity contribution is 5.55. The standard InChI is InChI=1S/C18H30N2O2/c1-13(2)21-17-8-7-16(10-18(17)22-14(3)4)20-12-15-6-5-9-19-11-15/h7-8,10,13-15,19-20H,5-6,9,11-12H2,1-4H3. The Kier molecular flexibility index (Phi) is 6.37. The minimum absolute atomic E-state index is 0.132. The fourth-order valence-electron chi connectivity index (χ4n) is 2.68. The highest BCUT2D eigenvalue weighted by Gasteiger charge is 2.14. The predicted molar refractivity (Wildman–Crippen MR) is 92.1 cm³/mol. The van der Waals surface area contributed by atoms with Gasteiger partial charge in [-0.25, -0.2) is 0 Å². The monoisotopic (exact) mass is 306 g/mol. The summed E-state index contributed by atoms with van der Waals surface area (Å²) in [4.78, 5) is 0. The van der Waals surface area contributed by atoms with Gasteiger partial charge in [-0.1, -0.05) is 0 Å². The summed E-state index contributed by atoms with van der Waals surface area (Å²) in [5.41, 5.74) is 1.09. The summed E-state index contributed by atoms with van der Waals surface area (Å²) in [7, 11) is 0. The van der Waals surface area contributed by atoms with Crippen LogP contribution in [-0.2, 0) is 0 Å². The number of hydrogen-bond donors (Lipinski definition) is 2. The molecule has 1 aromatic carbocycles. The Bertz CT molecular complexity index is 454. The highest BCUT2D eigenvalue weighted by Crippen LogP contribution is 2.32. The molecule has 4 heteroatoms. The van der Waals surface area contributed by atoms with Crippen LogP contribution in [0.1, 0.15) is 40.5 Å². The van der Waals surface area contributed by atoms with Crippen molar-refractivity contribution in [1.29, 1.82) is 0 Å². The molecule has 2 rings (SSSR count). The molecule has 0 bridgehead atoms. The largest absolute Gasteiger partial charge is 0.487 e. The second kappa shape index (κ2) is 8.28. The summed E-state index contributed by atoms with van der Waals surface area (Å²) >= 11 is 0. The lowest BCUT2D eigenvalue weighted by Crippen LogP contribution is -2.33. The van der Waals surface area contributed by atoms with Crippen LogP contribution in [0, 0.1) is 5.92 Å². The molecule has 1 aliphatic heterocycles. The van der Waals surface area contributed by atoms with Crippen molar-refractivity contribution in [2.75, 3.05) is 25.0 Å². The average molecular weight is 306 g/mol. The van der Waals surface area contributed by atoms with Crippen molar-refractivity contribution in [1.82, 2.24) is 5.32 Å². The molecule has 1 saturated heterocycles. The maximum Gasteiger partial charge on any atom is 0.163 e. The molecule has 0 aliphatic carbocycles. The minimum atomic E-state index is 0.132. The molecule has 1 heterocycles. The summed E-state index contributed by atoms with van der Waals surface area (Å²) in [5.74, 6) is 2.33. The van der Waals surface area contributed by atoms with Crippen molar-refractivity contribution < 1.29 is 9.47 Å². The fraction of sp³-hybridized carbons (Fsp3) is 0.667. The quantitative estimate of drug-likeness (QED) is 0.806. The Morgan fingerprint density at radius 2 is 1.86 bits per heavy atom. The molecule has 0 saturated carbocycles. The van der Waals surface area contributed by atoms with Crippen LogP contribution in [0.5, 0.6) is 11.5 Å². The Labute approximate surface area is 134 Å². The van der Waals surface area contributed by atoms with Gasteiger partial charge in [-0.15, -0.1) is 0 Å². The molecule has 0 aromatic heterocycles. The fourth-order valence-corrected chi connectivity index (χ4v) is 2.68. The van der Waals surface area contributed by atoms with E-state index in [9.17, 15) is 0 Å². The van der Waals surface area contributed by atoms with E-state index >= 15 is 0 Å². The molecule has 124 valence electrons. The van der Waals surface area contributed by atoms with E-state index in [1.807, 2.05) is 39.8 Å². The van der Waals surface area contributed by atoms with Gasteiger partial charge in [-0.3, -0.25) is 0 Å². The summed E-state index contributed by atoms with van der Waals surface area (Å²) in [6.45, 7) is 11.4. The van der Waals surface area contributed by atoms with Crippen molar-refractivity contribution in [3.05, 3.63) is 18.2 Å². The van der Waals surface area contributed by atoms with E-state index in [2.05, 4.69) is 16.7 Å². The zero-order valence-electron chi connectivity index (χ0n) is 14.3. The smallest absolute Gasteiger partial charge is 0.163 e. The topological polar surface area (TPSA) is 42.5 Å². The maximum atomic E-state index is 5.90. The van der Waals surface area contributed by atoms with Crippen molar-refractivity contribution in [2.24, 2.45) is 5.92 Å². The van der Waals surface area contributed by atoms with Gasteiger partial charge in [-0.05, 0) is 71.7 Å². The van der Waals surface area contributed by atoms with Crippen LogP contribution in [0.15, 0.2) is 18.2 Å². The normalized spacial score (nSPS) is 18.5. The first kappa shape index (κ1) is 16.9. The lowest BCUT2D eigenvalue weighted by atomic mass is 10.00. The van der Waals surface area contributed by atoms with Gasteiger partial charge in [0.05, 0.1) is 12.2 Å². The van der Waals surface area contributed by atoms with Crippen molar-refractivity contribution in [2.45, 2.75) is 52.7 Å². The van der Waals surface area contributed by atoms with Gasteiger partial charge in [0.2, 0.25) is 0 Å². The molecular formula is C18H30N2O2. The van der Waals surface area contributed by atoms with E-state index in [-0.39, 0.29) is 12.2 Å². The van der Waals surface area contributed by atoms with Crippen molar-refractivity contribution in [3.63, 3.8) is 0 Å². The molecule has 1 fully saturated rings. The van der Waals surface area contributed by atoms with E-state index < -0.39 is 0 Å². The number of rotatable bonds is 7.